The Morgan fingerprint density at radius 3 is 1.90 bits per heavy atom. The van der Waals surface area contributed by atoms with E-state index in [1.807, 2.05) is 0 Å². The fourth-order valence-electron chi connectivity index (χ4n) is 1.62. The lowest BCUT2D eigenvalue weighted by Crippen LogP contribution is -2.16. The average Bonchev–Trinajstić information content (AvgIpc) is 2.42. The quantitative estimate of drug-likeness (QED) is 0.679. The molecule has 2 rings (SSSR count). The number of ketones is 1. The van der Waals surface area contributed by atoms with E-state index >= 15 is 0 Å². The standard InChI is InChI=1S/C15H11Cl2NO2/c16-11-3-1-10(2-4-11)14(19)9-15(20)18-13-7-5-12(17)6-8-13/h1-8H,9H2,(H,18,20). The van der Waals surface area contributed by atoms with Gasteiger partial charge in [0.15, 0.2) is 5.78 Å². The molecule has 0 fully saturated rings. The number of carbonyl (C=O) groups is 2. The third kappa shape index (κ3) is 4.08. The Morgan fingerprint density at radius 1 is 0.850 bits per heavy atom. The van der Waals surface area contributed by atoms with Gasteiger partial charge in [0.1, 0.15) is 0 Å². The first-order chi connectivity index (χ1) is 9.54. The van der Waals surface area contributed by atoms with Gasteiger partial charge >= 0.3 is 0 Å². The third-order valence-corrected chi connectivity index (χ3v) is 3.12. The van der Waals surface area contributed by atoms with Gasteiger partial charge in [0.05, 0.1) is 6.42 Å². The lowest BCUT2D eigenvalue weighted by molar-refractivity contribution is -0.115. The highest BCUT2D eigenvalue weighted by atomic mass is 35.5. The number of hydrogen-bond donors (Lipinski definition) is 1. The molecule has 0 aliphatic heterocycles. The lowest BCUT2D eigenvalue weighted by atomic mass is 10.1. The summed E-state index contributed by atoms with van der Waals surface area (Å²) in [5.41, 5.74) is 1.06. The van der Waals surface area contributed by atoms with E-state index in [9.17, 15) is 9.59 Å². The van der Waals surface area contributed by atoms with Crippen LogP contribution in [0.1, 0.15) is 16.8 Å². The number of benzene rings is 2. The zero-order valence-electron chi connectivity index (χ0n) is 10.4. The molecule has 5 heteroatoms. The van der Waals surface area contributed by atoms with Crippen LogP contribution >= 0.6 is 23.2 Å². The van der Waals surface area contributed by atoms with E-state index in [2.05, 4.69) is 5.32 Å². The van der Waals surface area contributed by atoms with Gasteiger partial charge in [0.2, 0.25) is 5.91 Å². The van der Waals surface area contributed by atoms with Gasteiger partial charge in [-0.1, -0.05) is 23.2 Å². The fourth-order valence-corrected chi connectivity index (χ4v) is 1.87. The van der Waals surface area contributed by atoms with Crippen LogP contribution in [0.3, 0.4) is 0 Å². The van der Waals surface area contributed by atoms with E-state index in [-0.39, 0.29) is 18.1 Å². The Labute approximate surface area is 126 Å². The summed E-state index contributed by atoms with van der Waals surface area (Å²) >= 11 is 11.5. The van der Waals surface area contributed by atoms with Crippen molar-refractivity contribution in [2.45, 2.75) is 6.42 Å². The molecule has 0 bridgehead atoms. The Hall–Kier alpha value is -1.84. The molecule has 0 unspecified atom stereocenters. The molecule has 102 valence electrons. The maximum atomic E-state index is 11.9. The van der Waals surface area contributed by atoms with Crippen molar-refractivity contribution in [2.75, 3.05) is 5.32 Å². The summed E-state index contributed by atoms with van der Waals surface area (Å²) in [6, 6.07) is 13.1. The van der Waals surface area contributed by atoms with E-state index < -0.39 is 0 Å². The largest absolute Gasteiger partial charge is 0.326 e. The van der Waals surface area contributed by atoms with Crippen LogP contribution in [0.5, 0.6) is 0 Å². The van der Waals surface area contributed by atoms with Gasteiger partial charge in [-0.3, -0.25) is 9.59 Å². The van der Waals surface area contributed by atoms with Crippen molar-refractivity contribution >= 4 is 40.6 Å². The van der Waals surface area contributed by atoms with Crippen LogP contribution in [-0.2, 0) is 4.79 Å². The summed E-state index contributed by atoms with van der Waals surface area (Å²) in [4.78, 5) is 23.6. The molecule has 0 atom stereocenters. The maximum Gasteiger partial charge on any atom is 0.232 e. The molecule has 0 heterocycles. The SMILES string of the molecule is O=C(CC(=O)c1ccc(Cl)cc1)Nc1ccc(Cl)cc1. The lowest BCUT2D eigenvalue weighted by Gasteiger charge is -2.05. The second-order valence-corrected chi connectivity index (χ2v) is 5.03. The molecule has 1 amide bonds. The zero-order valence-corrected chi connectivity index (χ0v) is 11.9. The van der Waals surface area contributed by atoms with Crippen molar-refractivity contribution < 1.29 is 9.59 Å². The molecule has 2 aromatic carbocycles. The first-order valence-electron chi connectivity index (χ1n) is 5.89. The first-order valence-corrected chi connectivity index (χ1v) is 6.64. The number of rotatable bonds is 4. The summed E-state index contributed by atoms with van der Waals surface area (Å²) < 4.78 is 0. The Kier molecular flexibility index (Phi) is 4.77. The molecule has 0 saturated carbocycles. The van der Waals surface area contributed by atoms with Crippen LogP contribution in [-0.4, -0.2) is 11.7 Å². The number of amides is 1. The molecule has 1 N–H and O–H groups in total. The molecule has 0 aliphatic carbocycles. The van der Waals surface area contributed by atoms with Crippen LogP contribution < -0.4 is 5.32 Å². The van der Waals surface area contributed by atoms with Gasteiger partial charge in [0, 0.05) is 21.3 Å². The summed E-state index contributed by atoms with van der Waals surface area (Å²) in [6.07, 6.45) is -0.218. The topological polar surface area (TPSA) is 46.2 Å². The highest BCUT2D eigenvalue weighted by Gasteiger charge is 2.11. The van der Waals surface area contributed by atoms with Crippen molar-refractivity contribution in [1.29, 1.82) is 0 Å². The highest BCUT2D eigenvalue weighted by molar-refractivity contribution is 6.31. The fraction of sp³-hybridized carbons (Fsp3) is 0.0667. The van der Waals surface area contributed by atoms with E-state index in [0.29, 0.717) is 21.3 Å². The predicted octanol–water partition coefficient (Wildman–Crippen LogP) is 4.20. The maximum absolute atomic E-state index is 11.9. The molecule has 0 aliphatic rings. The highest BCUT2D eigenvalue weighted by Crippen LogP contribution is 2.15. The van der Waals surface area contributed by atoms with Gasteiger partial charge in [-0.25, -0.2) is 0 Å². The van der Waals surface area contributed by atoms with Gasteiger partial charge in [0.25, 0.3) is 0 Å². The van der Waals surface area contributed by atoms with Crippen molar-refractivity contribution in [3.05, 3.63) is 64.1 Å². The van der Waals surface area contributed by atoms with E-state index in [1.165, 1.54) is 0 Å². The molecule has 20 heavy (non-hydrogen) atoms. The summed E-state index contributed by atoms with van der Waals surface area (Å²) in [5.74, 6) is -0.625. The van der Waals surface area contributed by atoms with Gasteiger partial charge in [-0.05, 0) is 48.5 Å². The van der Waals surface area contributed by atoms with Crippen molar-refractivity contribution in [3.63, 3.8) is 0 Å². The van der Waals surface area contributed by atoms with E-state index in [1.54, 1.807) is 48.5 Å². The van der Waals surface area contributed by atoms with Crippen LogP contribution in [0.4, 0.5) is 5.69 Å². The molecule has 0 spiro atoms. The average molecular weight is 308 g/mol. The summed E-state index contributed by atoms with van der Waals surface area (Å²) in [5, 5.41) is 3.77. The number of hydrogen-bond acceptors (Lipinski definition) is 2. The van der Waals surface area contributed by atoms with Gasteiger partial charge in [-0.2, -0.15) is 0 Å². The van der Waals surface area contributed by atoms with Gasteiger partial charge in [-0.15, -0.1) is 0 Å². The predicted molar refractivity (Wildman–Crippen MR) is 80.5 cm³/mol. The molecule has 0 radical (unpaired) electrons. The minimum absolute atomic E-state index is 0.218. The number of nitrogens with one attached hydrogen (secondary N) is 1. The molecule has 3 nitrogen and oxygen atoms in total. The van der Waals surface area contributed by atoms with Crippen molar-refractivity contribution in [1.82, 2.24) is 0 Å². The molecule has 0 saturated heterocycles. The smallest absolute Gasteiger partial charge is 0.232 e. The first kappa shape index (κ1) is 14.6. The molecule has 2 aromatic rings. The van der Waals surface area contributed by atoms with E-state index in [0.717, 1.165) is 0 Å². The van der Waals surface area contributed by atoms with Crippen LogP contribution in [0.2, 0.25) is 10.0 Å². The normalized spacial score (nSPS) is 10.1. The second-order valence-electron chi connectivity index (χ2n) is 4.16. The Balaban J connectivity index is 1.95. The molecule has 0 aromatic heterocycles. The minimum atomic E-state index is -0.368. The zero-order chi connectivity index (χ0) is 14.5. The monoisotopic (exact) mass is 307 g/mol. The van der Waals surface area contributed by atoms with Crippen molar-refractivity contribution in [2.24, 2.45) is 0 Å². The number of anilines is 1. The van der Waals surface area contributed by atoms with Crippen LogP contribution in [0.25, 0.3) is 0 Å². The van der Waals surface area contributed by atoms with Crippen LogP contribution in [0, 0.1) is 0 Å². The molecular weight excluding hydrogens is 297 g/mol. The number of carbonyl (C=O) groups excluding carboxylic acids is 2. The second kappa shape index (κ2) is 6.55. The number of halogens is 2. The third-order valence-electron chi connectivity index (χ3n) is 2.62. The minimum Gasteiger partial charge on any atom is -0.326 e. The van der Waals surface area contributed by atoms with E-state index in [4.69, 9.17) is 23.2 Å². The summed E-state index contributed by atoms with van der Waals surface area (Å²) in [6.45, 7) is 0. The number of Topliss-reactive ketones (excluding diaryl/α,β-unsaturated/α-hetero) is 1. The van der Waals surface area contributed by atoms with Crippen LogP contribution in [0.15, 0.2) is 48.5 Å². The molecular formula is C15H11Cl2NO2. The van der Waals surface area contributed by atoms with Gasteiger partial charge < -0.3 is 5.32 Å². The van der Waals surface area contributed by atoms with Crippen molar-refractivity contribution in [3.8, 4) is 0 Å². The Morgan fingerprint density at radius 2 is 1.35 bits per heavy atom. The Bertz CT molecular complexity index is 621. The summed E-state index contributed by atoms with van der Waals surface area (Å²) in [7, 11) is 0.